The van der Waals surface area contributed by atoms with E-state index in [-0.39, 0.29) is 34.4 Å². The second kappa shape index (κ2) is 15.6. The maximum Gasteiger partial charge on any atom is 0.241 e. The van der Waals surface area contributed by atoms with Gasteiger partial charge in [0.05, 0.1) is 4.90 Å². The number of carbonyl (C=O) groups is 2. The molecule has 4 rings (SSSR count). The fourth-order valence-electron chi connectivity index (χ4n) is 5.93. The molecular weight excluding hydrogens is 614 g/mol. The highest BCUT2D eigenvalue weighted by molar-refractivity contribution is 7.89. The summed E-state index contributed by atoms with van der Waals surface area (Å²) in [5, 5.41) is 14.9. The minimum absolute atomic E-state index is 0.00657. The predicted octanol–water partition coefficient (Wildman–Crippen LogP) is 4.79. The molecule has 1 saturated heterocycles. The summed E-state index contributed by atoms with van der Waals surface area (Å²) in [5.41, 5.74) is 9.73. The number of sulfonamides is 1. The molecule has 0 aliphatic carbocycles. The number of amidine groups is 1. The van der Waals surface area contributed by atoms with Crippen molar-refractivity contribution in [3.8, 4) is 11.1 Å². The highest BCUT2D eigenvalue weighted by Gasteiger charge is 2.32. The molecule has 3 aromatic carbocycles. The van der Waals surface area contributed by atoms with E-state index in [0.717, 1.165) is 36.8 Å². The molecule has 11 heteroatoms. The minimum Gasteiger partial charge on any atom is -0.409 e. The number of likely N-dealkylation sites (tertiary alicyclic amines) is 1. The first kappa shape index (κ1) is 35.6. The Morgan fingerprint density at radius 2 is 1.68 bits per heavy atom. The van der Waals surface area contributed by atoms with Crippen molar-refractivity contribution in [2.75, 3.05) is 20.1 Å². The largest absolute Gasteiger partial charge is 0.409 e. The Kier molecular flexibility index (Phi) is 11.8. The summed E-state index contributed by atoms with van der Waals surface area (Å²) in [6.07, 6.45) is 3.82. The van der Waals surface area contributed by atoms with Crippen molar-refractivity contribution in [3.05, 3.63) is 89.5 Å². The standard InChI is InChI=1S/C36H47N5O5S/c1-36(2,3)30-16-14-27(15-17-30)28-10-7-12-31(24-28)47(45,46)40-32(23-26-9-5-11-29(22-26)34(37)39-44)35(43)41-20-18-25(19-21-41)8-6-13-33(42)38-4/h5,7,9-12,14-17,22,24-25,32,40,44H,6,8,13,18-21,23H2,1-4H3,(H2,37,39)(H,38,42)/t32-/m0/s1. The number of nitrogens with two attached hydrogens (primary N) is 1. The number of amides is 2. The zero-order valence-electron chi connectivity index (χ0n) is 27.7. The van der Waals surface area contributed by atoms with Crippen molar-refractivity contribution < 1.29 is 23.2 Å². The summed E-state index contributed by atoms with van der Waals surface area (Å²) >= 11 is 0. The third-order valence-corrected chi connectivity index (χ3v) is 10.3. The molecule has 1 atom stereocenters. The molecule has 0 spiro atoms. The normalized spacial score (nSPS) is 15.3. The third-order valence-electron chi connectivity index (χ3n) is 8.82. The van der Waals surface area contributed by atoms with Gasteiger partial charge in [-0.15, -0.1) is 0 Å². The van der Waals surface area contributed by atoms with Crippen molar-refractivity contribution in [3.63, 3.8) is 0 Å². The van der Waals surface area contributed by atoms with Crippen molar-refractivity contribution >= 4 is 27.7 Å². The quantitative estimate of drug-likeness (QED) is 0.0948. The van der Waals surface area contributed by atoms with Gasteiger partial charge in [0.15, 0.2) is 5.84 Å². The maximum atomic E-state index is 14.0. The van der Waals surface area contributed by atoms with Crippen LogP contribution in [0.5, 0.6) is 0 Å². The van der Waals surface area contributed by atoms with Gasteiger partial charge >= 0.3 is 0 Å². The molecule has 5 N–H and O–H groups in total. The van der Waals surface area contributed by atoms with E-state index >= 15 is 0 Å². The second-order valence-electron chi connectivity index (χ2n) is 13.3. The summed E-state index contributed by atoms with van der Waals surface area (Å²) in [7, 11) is -2.48. The number of nitrogens with zero attached hydrogens (tertiary/aromatic N) is 2. The highest BCUT2D eigenvalue weighted by atomic mass is 32.2. The first-order chi connectivity index (χ1) is 22.3. The monoisotopic (exact) mass is 661 g/mol. The van der Waals surface area contributed by atoms with Crippen molar-refractivity contribution in [1.29, 1.82) is 0 Å². The molecule has 47 heavy (non-hydrogen) atoms. The number of benzene rings is 3. The van der Waals surface area contributed by atoms with Crippen LogP contribution in [0.1, 0.15) is 69.6 Å². The van der Waals surface area contributed by atoms with Crippen LogP contribution in [0, 0.1) is 5.92 Å². The zero-order valence-corrected chi connectivity index (χ0v) is 28.5. The Hall–Kier alpha value is -4.22. The molecule has 10 nitrogen and oxygen atoms in total. The van der Waals surface area contributed by atoms with Gasteiger partial charge in [0.25, 0.3) is 0 Å². The number of hydrogen-bond acceptors (Lipinski definition) is 6. The van der Waals surface area contributed by atoms with E-state index in [9.17, 15) is 18.0 Å². The van der Waals surface area contributed by atoms with Crippen LogP contribution in [-0.2, 0) is 31.4 Å². The lowest BCUT2D eigenvalue weighted by Gasteiger charge is -2.34. The van der Waals surface area contributed by atoms with Gasteiger partial charge in [-0.25, -0.2) is 8.42 Å². The van der Waals surface area contributed by atoms with Crippen LogP contribution in [0.25, 0.3) is 11.1 Å². The molecule has 252 valence electrons. The van der Waals surface area contributed by atoms with Gasteiger partial charge in [0.2, 0.25) is 21.8 Å². The molecule has 0 aromatic heterocycles. The molecular formula is C36H47N5O5S. The fourth-order valence-corrected chi connectivity index (χ4v) is 7.16. The summed E-state index contributed by atoms with van der Waals surface area (Å²) in [4.78, 5) is 27.4. The molecule has 0 radical (unpaired) electrons. The van der Waals surface area contributed by atoms with Gasteiger partial charge in [0.1, 0.15) is 6.04 Å². The van der Waals surface area contributed by atoms with Crippen LogP contribution in [0.2, 0.25) is 0 Å². The first-order valence-corrected chi connectivity index (χ1v) is 17.6. The van der Waals surface area contributed by atoms with E-state index < -0.39 is 16.1 Å². The van der Waals surface area contributed by atoms with Gasteiger partial charge in [-0.05, 0) is 83.9 Å². The molecule has 3 aromatic rings. The predicted molar refractivity (Wildman–Crippen MR) is 185 cm³/mol. The summed E-state index contributed by atoms with van der Waals surface area (Å²) < 4.78 is 30.5. The molecule has 1 aliphatic heterocycles. The van der Waals surface area contributed by atoms with Crippen LogP contribution in [0.4, 0.5) is 0 Å². The minimum atomic E-state index is -4.11. The lowest BCUT2D eigenvalue weighted by atomic mass is 9.86. The van der Waals surface area contributed by atoms with Crippen LogP contribution >= 0.6 is 0 Å². The molecule has 0 bridgehead atoms. The number of hydrogen-bond donors (Lipinski definition) is 4. The molecule has 1 fully saturated rings. The Morgan fingerprint density at radius 3 is 2.32 bits per heavy atom. The van der Waals surface area contributed by atoms with Gasteiger partial charge in [-0.1, -0.05) is 80.5 Å². The number of carbonyl (C=O) groups excluding carboxylic acids is 2. The SMILES string of the molecule is CNC(=O)CCCC1CCN(C(=O)[C@H](Cc2cccc(C(N)=NO)c2)NS(=O)(=O)c2cccc(-c3ccc(C(C)(C)C)cc3)c2)CC1. The number of piperidine rings is 1. The van der Waals surface area contributed by atoms with Gasteiger partial charge in [-0.3, -0.25) is 9.59 Å². The fraction of sp³-hybridized carbons (Fsp3) is 0.417. The topological polar surface area (TPSA) is 154 Å². The zero-order chi connectivity index (χ0) is 34.2. The lowest BCUT2D eigenvalue weighted by Crippen LogP contribution is -2.51. The van der Waals surface area contributed by atoms with E-state index in [1.165, 1.54) is 11.6 Å². The molecule has 0 unspecified atom stereocenters. The van der Waals surface area contributed by atoms with E-state index in [2.05, 4.69) is 48.1 Å². The van der Waals surface area contributed by atoms with Crippen LogP contribution in [0.15, 0.2) is 82.8 Å². The Bertz CT molecular complexity index is 1670. The van der Waals surface area contributed by atoms with E-state index in [4.69, 9.17) is 10.9 Å². The molecule has 2 amide bonds. The van der Waals surface area contributed by atoms with E-state index in [0.29, 0.717) is 36.6 Å². The maximum absolute atomic E-state index is 14.0. The summed E-state index contributed by atoms with van der Waals surface area (Å²) in [6, 6.07) is 20.6. The average Bonchev–Trinajstić information content (AvgIpc) is 3.07. The van der Waals surface area contributed by atoms with Crippen LogP contribution in [-0.4, -0.2) is 62.4 Å². The number of rotatable bonds is 12. The Balaban J connectivity index is 1.55. The lowest BCUT2D eigenvalue weighted by molar-refractivity contribution is -0.134. The van der Waals surface area contributed by atoms with Gasteiger partial charge in [0, 0.05) is 32.1 Å². The van der Waals surface area contributed by atoms with E-state index in [1.807, 2.05) is 18.2 Å². The molecule has 1 heterocycles. The summed E-state index contributed by atoms with van der Waals surface area (Å²) in [5.74, 6) is 0.0333. The Labute approximate surface area is 278 Å². The second-order valence-corrected chi connectivity index (χ2v) is 15.0. The average molecular weight is 662 g/mol. The number of nitrogens with one attached hydrogen (secondary N) is 2. The summed E-state index contributed by atoms with van der Waals surface area (Å²) in [6.45, 7) is 7.43. The first-order valence-electron chi connectivity index (χ1n) is 16.1. The van der Waals surface area contributed by atoms with Crippen molar-refractivity contribution in [2.45, 2.75) is 75.6 Å². The van der Waals surface area contributed by atoms with Crippen LogP contribution < -0.4 is 15.8 Å². The van der Waals surface area contributed by atoms with Gasteiger partial charge < -0.3 is 21.2 Å². The van der Waals surface area contributed by atoms with Crippen molar-refractivity contribution in [1.82, 2.24) is 14.9 Å². The Morgan fingerprint density at radius 1 is 1.00 bits per heavy atom. The van der Waals surface area contributed by atoms with Crippen LogP contribution in [0.3, 0.4) is 0 Å². The molecule has 0 saturated carbocycles. The van der Waals surface area contributed by atoms with E-state index in [1.54, 1.807) is 48.3 Å². The van der Waals surface area contributed by atoms with Gasteiger partial charge in [-0.2, -0.15) is 4.72 Å². The molecule has 1 aliphatic rings. The number of oxime groups is 1. The smallest absolute Gasteiger partial charge is 0.241 e. The third kappa shape index (κ3) is 9.65. The highest BCUT2D eigenvalue weighted by Crippen LogP contribution is 2.28. The van der Waals surface area contributed by atoms with Crippen molar-refractivity contribution in [2.24, 2.45) is 16.8 Å².